The molecule has 0 unspecified atom stereocenters. The fraction of sp³-hybridized carbons (Fsp3) is 0.211. The van der Waals surface area contributed by atoms with Crippen molar-refractivity contribution in [3.8, 4) is 0 Å². The highest BCUT2D eigenvalue weighted by Gasteiger charge is 2.38. The maximum absolute atomic E-state index is 12.4. The van der Waals surface area contributed by atoms with Gasteiger partial charge in [0.25, 0.3) is 11.8 Å². The summed E-state index contributed by atoms with van der Waals surface area (Å²) >= 11 is 0. The lowest BCUT2D eigenvalue weighted by atomic mass is 10.1. The van der Waals surface area contributed by atoms with E-state index in [-0.39, 0.29) is 11.1 Å². The zero-order chi connectivity index (χ0) is 17.4. The van der Waals surface area contributed by atoms with Gasteiger partial charge in [0.2, 0.25) is 0 Å². The van der Waals surface area contributed by atoms with Crippen molar-refractivity contribution in [3.63, 3.8) is 0 Å². The third-order valence-corrected chi connectivity index (χ3v) is 4.48. The number of benzene rings is 2. The van der Waals surface area contributed by atoms with Crippen LogP contribution in [-0.2, 0) is 4.84 Å². The average molecular weight is 336 g/mol. The Labute approximate surface area is 144 Å². The van der Waals surface area contributed by atoms with Crippen LogP contribution in [0.1, 0.15) is 43.9 Å². The molecule has 126 valence electrons. The predicted octanol–water partition coefficient (Wildman–Crippen LogP) is 2.65. The Hall–Kier alpha value is -3.15. The monoisotopic (exact) mass is 336 g/mol. The topological polar surface area (TPSA) is 66.9 Å². The summed E-state index contributed by atoms with van der Waals surface area (Å²) in [5.41, 5.74) is 1.73. The van der Waals surface area contributed by atoms with Crippen LogP contribution in [0.4, 0.5) is 5.69 Å². The minimum Gasteiger partial charge on any atom is -0.372 e. The Morgan fingerprint density at radius 3 is 2.16 bits per heavy atom. The standard InChI is InChI=1S/C19H16N2O4/c22-17-15-8-1-2-9-16(15)18(23)21(17)25-19(24)13-6-5-7-14(12-13)20-10-3-4-11-20/h1-2,5-9,12H,3-4,10-11H2. The molecule has 0 bridgehead atoms. The summed E-state index contributed by atoms with van der Waals surface area (Å²) in [4.78, 5) is 44.3. The number of fused-ring (bicyclic) bond motifs is 1. The number of hydrogen-bond donors (Lipinski definition) is 0. The van der Waals surface area contributed by atoms with Gasteiger partial charge in [-0.1, -0.05) is 23.3 Å². The van der Waals surface area contributed by atoms with Gasteiger partial charge in [0.15, 0.2) is 0 Å². The molecule has 25 heavy (non-hydrogen) atoms. The smallest absolute Gasteiger partial charge is 0.364 e. The van der Waals surface area contributed by atoms with Crippen molar-refractivity contribution >= 4 is 23.5 Å². The predicted molar refractivity (Wildman–Crippen MR) is 90.2 cm³/mol. The summed E-state index contributed by atoms with van der Waals surface area (Å²) in [5, 5.41) is 0.537. The van der Waals surface area contributed by atoms with Crippen molar-refractivity contribution in [3.05, 3.63) is 65.2 Å². The van der Waals surface area contributed by atoms with E-state index in [1.54, 1.807) is 30.3 Å². The molecule has 0 aromatic heterocycles. The molecule has 6 heteroatoms. The Bertz CT molecular complexity index is 836. The van der Waals surface area contributed by atoms with E-state index in [2.05, 4.69) is 4.90 Å². The fourth-order valence-corrected chi connectivity index (χ4v) is 3.19. The molecule has 0 saturated carbocycles. The lowest BCUT2D eigenvalue weighted by molar-refractivity contribution is -0.0584. The van der Waals surface area contributed by atoms with Gasteiger partial charge in [-0.15, -0.1) is 0 Å². The van der Waals surface area contributed by atoms with Gasteiger partial charge in [0.05, 0.1) is 16.7 Å². The highest BCUT2D eigenvalue weighted by Crippen LogP contribution is 2.25. The first-order chi connectivity index (χ1) is 12.1. The van der Waals surface area contributed by atoms with Gasteiger partial charge in [0, 0.05) is 18.8 Å². The van der Waals surface area contributed by atoms with E-state index in [0.29, 0.717) is 10.6 Å². The van der Waals surface area contributed by atoms with Crippen molar-refractivity contribution in [1.29, 1.82) is 0 Å². The van der Waals surface area contributed by atoms with E-state index >= 15 is 0 Å². The van der Waals surface area contributed by atoms with Crippen LogP contribution < -0.4 is 4.90 Å². The third kappa shape index (κ3) is 2.65. The zero-order valence-corrected chi connectivity index (χ0v) is 13.5. The third-order valence-electron chi connectivity index (χ3n) is 4.48. The van der Waals surface area contributed by atoms with Crippen LogP contribution >= 0.6 is 0 Å². The second-order valence-corrected chi connectivity index (χ2v) is 6.07. The first kappa shape index (κ1) is 15.4. The number of hydrogen-bond acceptors (Lipinski definition) is 5. The average Bonchev–Trinajstić information content (AvgIpc) is 3.26. The molecule has 2 aliphatic rings. The quantitative estimate of drug-likeness (QED) is 0.806. The summed E-state index contributed by atoms with van der Waals surface area (Å²) in [6.07, 6.45) is 2.26. The van der Waals surface area contributed by atoms with Gasteiger partial charge >= 0.3 is 5.97 Å². The van der Waals surface area contributed by atoms with Crippen LogP contribution in [0.3, 0.4) is 0 Å². The summed E-state index contributed by atoms with van der Waals surface area (Å²) in [7, 11) is 0. The molecule has 1 fully saturated rings. The molecule has 2 aliphatic heterocycles. The maximum Gasteiger partial charge on any atom is 0.364 e. The molecule has 0 aliphatic carbocycles. The van der Waals surface area contributed by atoms with E-state index in [1.165, 1.54) is 12.1 Å². The van der Waals surface area contributed by atoms with E-state index in [0.717, 1.165) is 31.6 Å². The van der Waals surface area contributed by atoms with Crippen LogP contribution in [0.5, 0.6) is 0 Å². The summed E-state index contributed by atoms with van der Waals surface area (Å²) in [6.45, 7) is 1.91. The Morgan fingerprint density at radius 2 is 1.52 bits per heavy atom. The normalized spacial score (nSPS) is 16.3. The highest BCUT2D eigenvalue weighted by atomic mass is 16.7. The largest absolute Gasteiger partial charge is 0.372 e. The molecule has 0 spiro atoms. The number of amides is 2. The molecule has 2 heterocycles. The first-order valence-electron chi connectivity index (χ1n) is 8.20. The fourth-order valence-electron chi connectivity index (χ4n) is 3.19. The second-order valence-electron chi connectivity index (χ2n) is 6.07. The lowest BCUT2D eigenvalue weighted by Gasteiger charge is -2.18. The van der Waals surface area contributed by atoms with Gasteiger partial charge < -0.3 is 9.74 Å². The van der Waals surface area contributed by atoms with E-state index in [9.17, 15) is 14.4 Å². The van der Waals surface area contributed by atoms with Crippen molar-refractivity contribution in [2.24, 2.45) is 0 Å². The molecule has 2 aromatic carbocycles. The van der Waals surface area contributed by atoms with E-state index in [1.807, 2.05) is 6.07 Å². The van der Waals surface area contributed by atoms with E-state index < -0.39 is 17.8 Å². The van der Waals surface area contributed by atoms with Crippen molar-refractivity contribution < 1.29 is 19.2 Å². The molecule has 2 aromatic rings. The SMILES string of the molecule is O=C(ON1C(=O)c2ccccc2C1=O)c1cccc(N2CCCC2)c1. The molecule has 2 amide bonds. The molecular formula is C19H16N2O4. The van der Waals surface area contributed by atoms with Gasteiger partial charge in [-0.2, -0.15) is 0 Å². The summed E-state index contributed by atoms with van der Waals surface area (Å²) in [5.74, 6) is -1.97. The molecule has 0 atom stereocenters. The Morgan fingerprint density at radius 1 is 0.880 bits per heavy atom. The molecule has 1 saturated heterocycles. The minimum atomic E-state index is -0.726. The maximum atomic E-state index is 12.4. The van der Waals surface area contributed by atoms with Crippen molar-refractivity contribution in [2.75, 3.05) is 18.0 Å². The Kier molecular flexibility index (Phi) is 3.72. The number of carbonyl (C=O) groups is 3. The first-order valence-corrected chi connectivity index (χ1v) is 8.20. The number of carbonyl (C=O) groups excluding carboxylic acids is 3. The van der Waals surface area contributed by atoms with Gasteiger partial charge in [-0.25, -0.2) is 4.79 Å². The molecule has 0 N–H and O–H groups in total. The minimum absolute atomic E-state index is 0.242. The molecule has 6 nitrogen and oxygen atoms in total. The Balaban J connectivity index is 1.54. The zero-order valence-electron chi connectivity index (χ0n) is 13.5. The van der Waals surface area contributed by atoms with Crippen LogP contribution in [0.2, 0.25) is 0 Å². The number of rotatable bonds is 3. The van der Waals surface area contributed by atoms with Gasteiger partial charge in [0.1, 0.15) is 0 Å². The highest BCUT2D eigenvalue weighted by molar-refractivity contribution is 6.21. The van der Waals surface area contributed by atoms with Gasteiger partial charge in [-0.05, 0) is 43.2 Å². The molecule has 4 rings (SSSR count). The van der Waals surface area contributed by atoms with Gasteiger partial charge in [-0.3, -0.25) is 9.59 Å². The van der Waals surface area contributed by atoms with Crippen LogP contribution in [0, 0.1) is 0 Å². The second kappa shape index (κ2) is 6.05. The number of nitrogens with zero attached hydrogens (tertiary/aromatic N) is 2. The summed E-state index contributed by atoms with van der Waals surface area (Å²) < 4.78 is 0. The molecule has 0 radical (unpaired) electrons. The van der Waals surface area contributed by atoms with Crippen molar-refractivity contribution in [2.45, 2.75) is 12.8 Å². The van der Waals surface area contributed by atoms with Crippen LogP contribution in [0.25, 0.3) is 0 Å². The van der Waals surface area contributed by atoms with Crippen LogP contribution in [-0.4, -0.2) is 35.9 Å². The number of hydroxylamine groups is 2. The summed E-state index contributed by atoms with van der Waals surface area (Å²) in [6, 6.07) is 13.4. The number of anilines is 1. The van der Waals surface area contributed by atoms with Crippen molar-refractivity contribution in [1.82, 2.24) is 5.06 Å². The lowest BCUT2D eigenvalue weighted by Crippen LogP contribution is -2.32. The van der Waals surface area contributed by atoms with Crippen LogP contribution in [0.15, 0.2) is 48.5 Å². The van der Waals surface area contributed by atoms with E-state index in [4.69, 9.17) is 4.84 Å². The molecular weight excluding hydrogens is 320 g/mol. The number of imide groups is 1.